The monoisotopic (exact) mass is 187 g/mol. The molecule has 0 saturated carbocycles. The first kappa shape index (κ1) is 13.1. The molecule has 1 aromatic carbocycles. The van der Waals surface area contributed by atoms with Gasteiger partial charge in [0.05, 0.1) is 0 Å². The van der Waals surface area contributed by atoms with Crippen LogP contribution in [0.4, 0.5) is 5.69 Å². The molecule has 0 spiro atoms. The average molecular weight is 187 g/mol. The van der Waals surface area contributed by atoms with Crippen molar-refractivity contribution in [1.29, 1.82) is 0 Å². The molecule has 0 radical (unpaired) electrons. The van der Waals surface area contributed by atoms with Crippen LogP contribution >= 0.6 is 0 Å². The second-order valence-electron chi connectivity index (χ2n) is 2.79. The molecule has 72 valence electrons. The summed E-state index contributed by atoms with van der Waals surface area (Å²) in [5.74, 6) is -0.741. The van der Waals surface area contributed by atoms with Crippen molar-refractivity contribution in [3.8, 4) is 0 Å². The van der Waals surface area contributed by atoms with Crippen molar-refractivity contribution in [1.82, 2.24) is 0 Å². The molecule has 0 amide bonds. The summed E-state index contributed by atoms with van der Waals surface area (Å²) in [6.45, 7) is 0.705. The first-order valence-corrected chi connectivity index (χ1v) is 4.30. The molecule has 0 aliphatic heterocycles. The number of hydrogen-bond acceptors (Lipinski definition) is 2. The van der Waals surface area contributed by atoms with E-state index in [4.69, 9.17) is 5.11 Å². The Morgan fingerprint density at radius 2 is 1.93 bits per heavy atom. The summed E-state index contributed by atoms with van der Waals surface area (Å²) in [4.78, 5) is 10.2. The van der Waals surface area contributed by atoms with E-state index in [0.29, 0.717) is 13.0 Å². The Hall–Kier alpha value is -0.913. The van der Waals surface area contributed by atoms with Crippen LogP contribution in [0.1, 0.15) is 12.8 Å². The van der Waals surface area contributed by atoms with Gasteiger partial charge in [-0.3, -0.25) is 4.79 Å². The Morgan fingerprint density at radius 3 is 2.50 bits per heavy atom. The van der Waals surface area contributed by atoms with Gasteiger partial charge >= 0.3 is 24.8 Å². The Balaban J connectivity index is 0.00000169. The number of rotatable bonds is 5. The Morgan fingerprint density at radius 1 is 1.29 bits per heavy atom. The van der Waals surface area contributed by atoms with E-state index in [-0.39, 0.29) is 25.3 Å². The predicted molar refractivity (Wildman–Crippen MR) is 59.0 cm³/mol. The van der Waals surface area contributed by atoms with E-state index in [2.05, 4.69) is 5.32 Å². The van der Waals surface area contributed by atoms with Crippen molar-refractivity contribution >= 4 is 30.5 Å². The number of benzene rings is 1. The Bertz CT molecular complexity index is 264. The molecular weight excluding hydrogens is 173 g/mol. The molecule has 1 rings (SSSR count). The number of carboxylic acid groups (broad SMARTS) is 1. The van der Waals surface area contributed by atoms with Gasteiger partial charge in [0.2, 0.25) is 0 Å². The number of carbonyl (C=O) groups is 1. The number of nitrogens with one attached hydrogen (secondary N) is 1. The molecule has 4 heteroatoms. The minimum atomic E-state index is -0.741. The topological polar surface area (TPSA) is 49.3 Å². The van der Waals surface area contributed by atoms with Crippen LogP contribution in [-0.4, -0.2) is 36.5 Å². The predicted octanol–water partition coefficient (Wildman–Crippen LogP) is 1.31. The standard InChI is InChI=1S/C10H13NO2.Li.H/c12-10(13)7-4-8-11-9-5-2-1-3-6-9;;/h1-3,5-6,11H,4,7-8H2,(H,12,13);;. The Labute approximate surface area is 95.7 Å². The third-order valence-corrected chi connectivity index (χ3v) is 1.67. The van der Waals surface area contributed by atoms with Gasteiger partial charge in [-0.15, -0.1) is 0 Å². The molecule has 0 fully saturated rings. The summed E-state index contributed by atoms with van der Waals surface area (Å²) in [6, 6.07) is 9.75. The van der Waals surface area contributed by atoms with Crippen LogP contribution in [0.15, 0.2) is 30.3 Å². The minimum absolute atomic E-state index is 0. The van der Waals surface area contributed by atoms with Crippen LogP contribution in [0, 0.1) is 0 Å². The first-order valence-electron chi connectivity index (χ1n) is 4.30. The van der Waals surface area contributed by atoms with Gasteiger partial charge in [0.1, 0.15) is 0 Å². The van der Waals surface area contributed by atoms with Gasteiger partial charge in [-0.25, -0.2) is 0 Å². The van der Waals surface area contributed by atoms with Crippen LogP contribution < -0.4 is 5.32 Å². The van der Waals surface area contributed by atoms with Crippen LogP contribution in [0.3, 0.4) is 0 Å². The van der Waals surface area contributed by atoms with Crippen LogP contribution in [-0.2, 0) is 4.79 Å². The van der Waals surface area contributed by atoms with Gasteiger partial charge in [-0.2, -0.15) is 0 Å². The van der Waals surface area contributed by atoms with Crippen molar-refractivity contribution < 1.29 is 9.90 Å². The molecule has 0 bridgehead atoms. The van der Waals surface area contributed by atoms with Crippen molar-refractivity contribution in [2.75, 3.05) is 11.9 Å². The van der Waals surface area contributed by atoms with Gasteiger partial charge in [0.15, 0.2) is 0 Å². The van der Waals surface area contributed by atoms with Crippen LogP contribution in [0.25, 0.3) is 0 Å². The summed E-state index contributed by atoms with van der Waals surface area (Å²) in [5, 5.41) is 11.5. The number of hydrogen-bond donors (Lipinski definition) is 2. The quantitative estimate of drug-likeness (QED) is 0.539. The zero-order valence-electron chi connectivity index (χ0n) is 7.36. The van der Waals surface area contributed by atoms with Crippen LogP contribution in [0.5, 0.6) is 0 Å². The third-order valence-electron chi connectivity index (χ3n) is 1.67. The molecule has 0 aromatic heterocycles. The first-order chi connectivity index (χ1) is 6.29. The van der Waals surface area contributed by atoms with Gasteiger partial charge in [0, 0.05) is 18.7 Å². The van der Waals surface area contributed by atoms with E-state index in [1.54, 1.807) is 0 Å². The molecular formula is C10H14LiNO2. The zero-order chi connectivity index (χ0) is 9.52. The van der Waals surface area contributed by atoms with E-state index in [9.17, 15) is 4.79 Å². The van der Waals surface area contributed by atoms with Crippen molar-refractivity contribution in [3.05, 3.63) is 30.3 Å². The maximum absolute atomic E-state index is 10.2. The molecule has 14 heavy (non-hydrogen) atoms. The number of para-hydroxylation sites is 1. The van der Waals surface area contributed by atoms with Crippen LogP contribution in [0.2, 0.25) is 0 Å². The summed E-state index contributed by atoms with van der Waals surface area (Å²) < 4.78 is 0. The van der Waals surface area contributed by atoms with Gasteiger partial charge in [0.25, 0.3) is 0 Å². The number of aliphatic carboxylic acids is 1. The molecule has 1 aromatic rings. The molecule has 3 nitrogen and oxygen atoms in total. The van der Waals surface area contributed by atoms with E-state index in [1.807, 2.05) is 30.3 Å². The van der Waals surface area contributed by atoms with E-state index in [0.717, 1.165) is 5.69 Å². The van der Waals surface area contributed by atoms with Crippen molar-refractivity contribution in [3.63, 3.8) is 0 Å². The summed E-state index contributed by atoms with van der Waals surface area (Å²) in [5.41, 5.74) is 1.04. The molecule has 0 heterocycles. The second kappa shape index (κ2) is 7.49. The molecule has 0 atom stereocenters. The number of carboxylic acids is 1. The normalized spacial score (nSPS) is 8.86. The van der Waals surface area contributed by atoms with Gasteiger partial charge in [-0.05, 0) is 18.6 Å². The molecule has 0 aliphatic carbocycles. The van der Waals surface area contributed by atoms with Gasteiger partial charge in [-0.1, -0.05) is 18.2 Å². The third kappa shape index (κ3) is 5.68. The number of anilines is 1. The average Bonchev–Trinajstić information content (AvgIpc) is 2.14. The SMILES string of the molecule is O=C(O)CCCNc1ccccc1.[LiH]. The molecule has 2 N–H and O–H groups in total. The van der Waals surface area contributed by atoms with E-state index < -0.39 is 5.97 Å². The molecule has 0 saturated heterocycles. The fraction of sp³-hybridized carbons (Fsp3) is 0.300. The van der Waals surface area contributed by atoms with E-state index in [1.165, 1.54) is 0 Å². The molecule has 0 aliphatic rings. The summed E-state index contributed by atoms with van der Waals surface area (Å²) in [7, 11) is 0. The fourth-order valence-corrected chi connectivity index (χ4v) is 1.03. The van der Waals surface area contributed by atoms with E-state index >= 15 is 0 Å². The van der Waals surface area contributed by atoms with Gasteiger partial charge < -0.3 is 10.4 Å². The summed E-state index contributed by atoms with van der Waals surface area (Å²) in [6.07, 6.45) is 0.879. The fourth-order valence-electron chi connectivity index (χ4n) is 1.03. The second-order valence-corrected chi connectivity index (χ2v) is 2.79. The van der Waals surface area contributed by atoms with Crippen molar-refractivity contribution in [2.45, 2.75) is 12.8 Å². The summed E-state index contributed by atoms with van der Waals surface area (Å²) >= 11 is 0. The van der Waals surface area contributed by atoms with Crippen molar-refractivity contribution in [2.24, 2.45) is 0 Å². The zero-order valence-corrected chi connectivity index (χ0v) is 7.36. The maximum atomic E-state index is 10.2. The molecule has 0 unspecified atom stereocenters. The Kier molecular flexibility index (Phi) is 7.00.